The number of carbonyl (C=O) groups excluding carboxylic acids is 1. The second-order valence-corrected chi connectivity index (χ2v) is 12.7. The number of carboxylic acids is 1. The van der Waals surface area contributed by atoms with E-state index in [9.17, 15) is 14.7 Å². The van der Waals surface area contributed by atoms with E-state index in [-0.39, 0.29) is 18.4 Å². The summed E-state index contributed by atoms with van der Waals surface area (Å²) in [5.41, 5.74) is 4.28. The van der Waals surface area contributed by atoms with E-state index in [4.69, 9.17) is 21.3 Å². The first kappa shape index (κ1) is 32.6. The average molecular weight is 627 g/mol. The summed E-state index contributed by atoms with van der Waals surface area (Å²) >= 11 is 6.38. The lowest BCUT2D eigenvalue weighted by Gasteiger charge is -2.32. The summed E-state index contributed by atoms with van der Waals surface area (Å²) in [5, 5.41) is 14.0. The van der Waals surface area contributed by atoms with Crippen LogP contribution in [0.15, 0.2) is 101 Å². The van der Waals surface area contributed by atoms with Gasteiger partial charge >= 0.3 is 5.97 Å². The molecule has 1 amide bonds. The van der Waals surface area contributed by atoms with E-state index in [1.54, 1.807) is 25.1 Å². The standard InChI is InChI=1S/C38H43ClN2O4/c1-26-34(38(43)44)35(30-18-11-19-31(39)24-30)36(33(41-26)25-45-23-21-27-12-5-2-6-13-27)37(42)40-22-20-32(28-14-7-3-8-15-28)29-16-9-4-10-17-29/h3-4,7-11,14-19,24,27,32,34-35H,2,5-6,12-13,20-23,25H2,1H3,(H,40,42)(H,43,44). The molecule has 236 valence electrons. The van der Waals surface area contributed by atoms with Crippen molar-refractivity contribution in [3.8, 4) is 0 Å². The summed E-state index contributed by atoms with van der Waals surface area (Å²) < 4.78 is 6.15. The highest BCUT2D eigenvalue weighted by Gasteiger charge is 2.42. The third-order valence-corrected chi connectivity index (χ3v) is 9.43. The van der Waals surface area contributed by atoms with Crippen LogP contribution in [0.25, 0.3) is 0 Å². The molecule has 2 atom stereocenters. The number of amides is 1. The number of carboxylic acid groups (broad SMARTS) is 1. The number of carbonyl (C=O) groups is 2. The Kier molecular flexibility index (Phi) is 11.6. The first-order valence-electron chi connectivity index (χ1n) is 16.1. The molecule has 3 aromatic rings. The van der Waals surface area contributed by atoms with Crippen molar-refractivity contribution in [2.24, 2.45) is 16.8 Å². The highest BCUT2D eigenvalue weighted by Crippen LogP contribution is 2.40. The molecule has 7 heteroatoms. The molecule has 6 nitrogen and oxygen atoms in total. The molecule has 45 heavy (non-hydrogen) atoms. The van der Waals surface area contributed by atoms with Gasteiger partial charge in [-0.1, -0.05) is 117 Å². The van der Waals surface area contributed by atoms with E-state index in [1.165, 1.54) is 43.2 Å². The summed E-state index contributed by atoms with van der Waals surface area (Å²) in [4.78, 5) is 31.5. The van der Waals surface area contributed by atoms with Gasteiger partial charge in [0.15, 0.2) is 0 Å². The largest absolute Gasteiger partial charge is 0.481 e. The van der Waals surface area contributed by atoms with Crippen LogP contribution in [0.4, 0.5) is 0 Å². The van der Waals surface area contributed by atoms with E-state index in [0.717, 1.165) is 6.42 Å². The Balaban J connectivity index is 1.40. The average Bonchev–Trinajstić information content (AvgIpc) is 3.05. The number of halogens is 1. The zero-order chi connectivity index (χ0) is 31.6. The van der Waals surface area contributed by atoms with Gasteiger partial charge in [-0.2, -0.15) is 0 Å². The van der Waals surface area contributed by atoms with Gasteiger partial charge in [-0.3, -0.25) is 14.6 Å². The molecule has 1 fully saturated rings. The van der Waals surface area contributed by atoms with Crippen LogP contribution in [0.5, 0.6) is 0 Å². The van der Waals surface area contributed by atoms with Gasteiger partial charge in [-0.15, -0.1) is 0 Å². The van der Waals surface area contributed by atoms with Crippen molar-refractivity contribution < 1.29 is 19.4 Å². The molecule has 3 aromatic carbocycles. The summed E-state index contributed by atoms with van der Waals surface area (Å²) in [5.74, 6) is -2.35. The number of hydrogen-bond acceptors (Lipinski definition) is 4. The monoisotopic (exact) mass is 626 g/mol. The number of nitrogens with zero attached hydrogens (tertiary/aromatic N) is 1. The third-order valence-electron chi connectivity index (χ3n) is 9.19. The van der Waals surface area contributed by atoms with Crippen molar-refractivity contribution in [3.63, 3.8) is 0 Å². The number of aliphatic imine (C=N–C) groups is 1. The quantitative estimate of drug-likeness (QED) is 0.187. The van der Waals surface area contributed by atoms with Crippen LogP contribution in [0.2, 0.25) is 5.02 Å². The number of ether oxygens (including phenoxy) is 1. The maximum absolute atomic E-state index is 14.2. The van der Waals surface area contributed by atoms with Crippen LogP contribution in [0, 0.1) is 11.8 Å². The van der Waals surface area contributed by atoms with Gasteiger partial charge < -0.3 is 15.2 Å². The second kappa shape index (κ2) is 16.0. The van der Waals surface area contributed by atoms with Crippen molar-refractivity contribution in [3.05, 3.63) is 118 Å². The smallest absolute Gasteiger partial charge is 0.313 e. The van der Waals surface area contributed by atoms with E-state index in [1.807, 2.05) is 42.5 Å². The minimum atomic E-state index is -1.03. The Hall–Kier alpha value is -3.74. The van der Waals surface area contributed by atoms with Gasteiger partial charge in [-0.25, -0.2) is 0 Å². The fourth-order valence-electron chi connectivity index (χ4n) is 6.91. The van der Waals surface area contributed by atoms with Crippen molar-refractivity contribution in [1.29, 1.82) is 0 Å². The molecular formula is C38H43ClN2O4. The molecular weight excluding hydrogens is 584 g/mol. The van der Waals surface area contributed by atoms with E-state index < -0.39 is 17.8 Å². The summed E-state index contributed by atoms with van der Waals surface area (Å²) in [7, 11) is 0. The fourth-order valence-corrected chi connectivity index (χ4v) is 7.11. The molecule has 2 N–H and O–H groups in total. The Morgan fingerprint density at radius 3 is 2.24 bits per heavy atom. The topological polar surface area (TPSA) is 88.0 Å². The highest BCUT2D eigenvalue weighted by atomic mass is 35.5. The molecule has 0 spiro atoms. The normalized spacial score (nSPS) is 19.0. The van der Waals surface area contributed by atoms with Gasteiger partial charge in [-0.05, 0) is 54.5 Å². The molecule has 2 aliphatic rings. The number of benzene rings is 3. The number of hydrogen-bond donors (Lipinski definition) is 2. The second-order valence-electron chi connectivity index (χ2n) is 12.2. The van der Waals surface area contributed by atoms with Crippen LogP contribution in [0.1, 0.15) is 80.4 Å². The van der Waals surface area contributed by atoms with Crippen LogP contribution in [-0.4, -0.2) is 42.5 Å². The van der Waals surface area contributed by atoms with Crippen LogP contribution < -0.4 is 5.32 Å². The maximum Gasteiger partial charge on any atom is 0.313 e. The minimum absolute atomic E-state index is 0.0892. The van der Waals surface area contributed by atoms with Crippen molar-refractivity contribution in [2.45, 2.75) is 63.7 Å². The van der Waals surface area contributed by atoms with Gasteiger partial charge in [0, 0.05) is 41.3 Å². The summed E-state index contributed by atoms with van der Waals surface area (Å²) in [6, 6.07) is 27.7. The molecule has 1 saturated carbocycles. The Labute approximate surface area is 271 Å². The van der Waals surface area contributed by atoms with Crippen molar-refractivity contribution in [2.75, 3.05) is 19.8 Å². The fraction of sp³-hybridized carbons (Fsp3) is 0.395. The van der Waals surface area contributed by atoms with Gasteiger partial charge in [0.05, 0.1) is 12.3 Å². The third kappa shape index (κ3) is 8.50. The lowest BCUT2D eigenvalue weighted by atomic mass is 9.75. The molecule has 0 saturated heterocycles. The molecule has 1 aliphatic heterocycles. The van der Waals surface area contributed by atoms with Crippen LogP contribution in [-0.2, 0) is 14.3 Å². The van der Waals surface area contributed by atoms with Crippen molar-refractivity contribution >= 4 is 29.2 Å². The molecule has 0 bridgehead atoms. The predicted molar refractivity (Wildman–Crippen MR) is 180 cm³/mol. The molecule has 0 radical (unpaired) electrons. The maximum atomic E-state index is 14.2. The molecule has 1 heterocycles. The Morgan fingerprint density at radius 2 is 1.62 bits per heavy atom. The van der Waals surface area contributed by atoms with Crippen LogP contribution in [0.3, 0.4) is 0 Å². The Bertz CT molecular complexity index is 1460. The first-order chi connectivity index (χ1) is 21.9. The van der Waals surface area contributed by atoms with E-state index in [2.05, 4.69) is 29.6 Å². The SMILES string of the molecule is CC1=NC(COCCC2CCCCC2)=C(C(=O)NCCC(c2ccccc2)c2ccccc2)C(c2cccc(Cl)c2)C1C(=O)O. The molecule has 1 aliphatic carbocycles. The zero-order valence-corrected chi connectivity index (χ0v) is 26.7. The number of aliphatic carboxylic acids is 1. The number of rotatable bonds is 13. The van der Waals surface area contributed by atoms with E-state index >= 15 is 0 Å². The summed E-state index contributed by atoms with van der Waals surface area (Å²) in [6.45, 7) is 2.84. The number of nitrogens with one attached hydrogen (secondary N) is 1. The highest BCUT2D eigenvalue weighted by molar-refractivity contribution is 6.30. The van der Waals surface area contributed by atoms with Crippen molar-refractivity contribution in [1.82, 2.24) is 5.32 Å². The predicted octanol–water partition coefficient (Wildman–Crippen LogP) is 8.18. The van der Waals surface area contributed by atoms with Gasteiger partial charge in [0.25, 0.3) is 0 Å². The van der Waals surface area contributed by atoms with E-state index in [0.29, 0.717) is 53.1 Å². The zero-order valence-electron chi connectivity index (χ0n) is 26.0. The Morgan fingerprint density at radius 1 is 0.956 bits per heavy atom. The van der Waals surface area contributed by atoms with Gasteiger partial charge in [0.1, 0.15) is 5.92 Å². The molecule has 5 rings (SSSR count). The molecule has 2 unspecified atom stereocenters. The summed E-state index contributed by atoms with van der Waals surface area (Å²) in [6.07, 6.45) is 7.99. The first-order valence-corrected chi connectivity index (χ1v) is 16.5. The van der Waals surface area contributed by atoms with Crippen LogP contribution >= 0.6 is 11.6 Å². The molecule has 0 aromatic heterocycles. The van der Waals surface area contributed by atoms with Gasteiger partial charge in [0.2, 0.25) is 5.91 Å². The minimum Gasteiger partial charge on any atom is -0.481 e. The lowest BCUT2D eigenvalue weighted by molar-refractivity contribution is -0.139. The lowest BCUT2D eigenvalue weighted by Crippen LogP contribution is -2.39.